The Kier molecular flexibility index (Phi) is 3.74. The zero-order valence-electron chi connectivity index (χ0n) is 9.84. The van der Waals surface area contributed by atoms with E-state index in [1.807, 2.05) is 13.0 Å². The van der Waals surface area contributed by atoms with E-state index in [9.17, 15) is 4.39 Å². The van der Waals surface area contributed by atoms with Crippen LogP contribution in [0.2, 0.25) is 0 Å². The van der Waals surface area contributed by atoms with Gasteiger partial charge < -0.3 is 5.11 Å². The van der Waals surface area contributed by atoms with Crippen molar-refractivity contribution in [3.8, 4) is 0 Å². The van der Waals surface area contributed by atoms with Crippen molar-refractivity contribution in [3.05, 3.63) is 53.5 Å². The maximum Gasteiger partial charge on any atom is 0.174 e. The average Bonchev–Trinajstić information content (AvgIpc) is 2.38. The van der Waals surface area contributed by atoms with Gasteiger partial charge in [0.15, 0.2) is 11.6 Å². The third-order valence-corrected chi connectivity index (χ3v) is 2.35. The van der Waals surface area contributed by atoms with Gasteiger partial charge in [-0.25, -0.2) is 9.37 Å². The van der Waals surface area contributed by atoms with Crippen molar-refractivity contribution in [2.24, 2.45) is 10.2 Å². The molecule has 2 rings (SSSR count). The molecular formula is C13H12FN3O. The molecule has 0 bridgehead atoms. The number of pyridine rings is 1. The lowest BCUT2D eigenvalue weighted by atomic mass is 10.2. The number of nitrogens with zero attached hydrogens (tertiary/aromatic N) is 3. The van der Waals surface area contributed by atoms with Crippen LogP contribution in [-0.4, -0.2) is 10.1 Å². The highest BCUT2D eigenvalue weighted by atomic mass is 19.1. The fourth-order valence-electron chi connectivity index (χ4n) is 1.41. The summed E-state index contributed by atoms with van der Waals surface area (Å²) in [5.74, 6) is -0.0626. The zero-order chi connectivity index (χ0) is 13.0. The fraction of sp³-hybridized carbons (Fsp3) is 0.154. The van der Waals surface area contributed by atoms with Crippen LogP contribution in [0, 0.1) is 12.7 Å². The molecule has 0 aliphatic carbocycles. The lowest BCUT2D eigenvalue weighted by Crippen LogP contribution is -1.84. The number of rotatable bonds is 3. The van der Waals surface area contributed by atoms with E-state index in [1.54, 1.807) is 12.3 Å². The third kappa shape index (κ3) is 2.95. The summed E-state index contributed by atoms with van der Waals surface area (Å²) in [4.78, 5) is 3.99. The van der Waals surface area contributed by atoms with Crippen molar-refractivity contribution in [1.82, 2.24) is 4.98 Å². The largest absolute Gasteiger partial charge is 0.392 e. The van der Waals surface area contributed by atoms with Crippen LogP contribution in [-0.2, 0) is 6.61 Å². The highest BCUT2D eigenvalue weighted by Gasteiger charge is 2.02. The quantitative estimate of drug-likeness (QED) is 0.842. The van der Waals surface area contributed by atoms with E-state index in [4.69, 9.17) is 5.11 Å². The number of aryl methyl sites for hydroxylation is 1. The molecule has 0 spiro atoms. The number of hydrogen-bond donors (Lipinski definition) is 1. The molecule has 0 radical (unpaired) electrons. The SMILES string of the molecule is Cc1ccnc(N=Nc2cc(CO)ccc2F)c1. The van der Waals surface area contributed by atoms with Crippen molar-refractivity contribution < 1.29 is 9.50 Å². The van der Waals surface area contributed by atoms with Gasteiger partial charge >= 0.3 is 0 Å². The minimum atomic E-state index is -0.483. The normalized spacial score (nSPS) is 11.1. The van der Waals surface area contributed by atoms with Gasteiger partial charge in [-0.1, -0.05) is 6.07 Å². The molecule has 18 heavy (non-hydrogen) atoms. The lowest BCUT2D eigenvalue weighted by Gasteiger charge is -1.99. The van der Waals surface area contributed by atoms with Gasteiger partial charge in [-0.05, 0) is 42.3 Å². The van der Waals surface area contributed by atoms with Gasteiger partial charge in [-0.3, -0.25) is 0 Å². The average molecular weight is 245 g/mol. The predicted molar refractivity (Wildman–Crippen MR) is 65.5 cm³/mol. The second-order valence-corrected chi connectivity index (χ2v) is 3.84. The molecule has 0 saturated heterocycles. The van der Waals surface area contributed by atoms with Gasteiger partial charge in [0.05, 0.1) is 6.61 Å². The van der Waals surface area contributed by atoms with Gasteiger partial charge in [0.25, 0.3) is 0 Å². The van der Waals surface area contributed by atoms with Gasteiger partial charge in [-0.15, -0.1) is 10.2 Å². The van der Waals surface area contributed by atoms with E-state index in [1.165, 1.54) is 18.2 Å². The Hall–Kier alpha value is -2.14. The van der Waals surface area contributed by atoms with E-state index < -0.39 is 5.82 Å². The standard InChI is InChI=1S/C13H12FN3O/c1-9-4-5-15-13(6-9)17-16-12-7-10(8-18)2-3-11(12)14/h2-7,18H,8H2,1H3. The van der Waals surface area contributed by atoms with Gasteiger partial charge in [0, 0.05) is 6.20 Å². The van der Waals surface area contributed by atoms with Crippen LogP contribution in [0.4, 0.5) is 15.9 Å². The summed E-state index contributed by atoms with van der Waals surface area (Å²) >= 11 is 0. The van der Waals surface area contributed by atoms with Crippen molar-refractivity contribution in [3.63, 3.8) is 0 Å². The smallest absolute Gasteiger partial charge is 0.174 e. The van der Waals surface area contributed by atoms with Gasteiger partial charge in [-0.2, -0.15) is 0 Å². The molecule has 0 aliphatic rings. The summed E-state index contributed by atoms with van der Waals surface area (Å²) in [6, 6.07) is 7.79. The number of aromatic nitrogens is 1. The molecular weight excluding hydrogens is 233 g/mol. The first kappa shape index (κ1) is 12.3. The minimum absolute atomic E-state index is 0.0878. The van der Waals surface area contributed by atoms with Gasteiger partial charge in [0.1, 0.15) is 5.69 Å². The van der Waals surface area contributed by atoms with Crippen LogP contribution in [0.25, 0.3) is 0 Å². The second-order valence-electron chi connectivity index (χ2n) is 3.84. The summed E-state index contributed by atoms with van der Waals surface area (Å²) in [6.45, 7) is 1.75. The molecule has 92 valence electrons. The summed E-state index contributed by atoms with van der Waals surface area (Å²) in [7, 11) is 0. The van der Waals surface area contributed by atoms with E-state index in [0.717, 1.165) is 5.56 Å². The first-order valence-electron chi connectivity index (χ1n) is 5.43. The molecule has 1 N–H and O–H groups in total. The number of hydrogen-bond acceptors (Lipinski definition) is 4. The molecule has 0 atom stereocenters. The molecule has 1 aromatic carbocycles. The summed E-state index contributed by atoms with van der Waals surface area (Å²) in [5, 5.41) is 16.6. The lowest BCUT2D eigenvalue weighted by molar-refractivity contribution is 0.281. The van der Waals surface area contributed by atoms with E-state index >= 15 is 0 Å². The molecule has 0 amide bonds. The molecule has 0 fully saturated rings. The minimum Gasteiger partial charge on any atom is -0.392 e. The number of aliphatic hydroxyl groups excluding tert-OH is 1. The van der Waals surface area contributed by atoms with E-state index in [2.05, 4.69) is 15.2 Å². The number of aliphatic hydroxyl groups is 1. The Balaban J connectivity index is 2.28. The predicted octanol–water partition coefficient (Wildman–Crippen LogP) is 3.44. The highest BCUT2D eigenvalue weighted by Crippen LogP contribution is 2.22. The van der Waals surface area contributed by atoms with Crippen molar-refractivity contribution in [1.29, 1.82) is 0 Å². The Morgan fingerprint density at radius 3 is 2.78 bits per heavy atom. The molecule has 1 aromatic heterocycles. The summed E-state index contributed by atoms with van der Waals surface area (Å²) in [5.41, 5.74) is 1.68. The Labute approximate surface area is 104 Å². The Bertz CT molecular complexity index is 584. The fourth-order valence-corrected chi connectivity index (χ4v) is 1.41. The van der Waals surface area contributed by atoms with Crippen molar-refractivity contribution in [2.45, 2.75) is 13.5 Å². The topological polar surface area (TPSA) is 57.8 Å². The number of azo groups is 1. The van der Waals surface area contributed by atoms with Crippen LogP contribution < -0.4 is 0 Å². The summed E-state index contributed by atoms with van der Waals surface area (Å²) in [6.07, 6.45) is 1.62. The molecule has 0 aliphatic heterocycles. The first-order valence-corrected chi connectivity index (χ1v) is 5.43. The van der Waals surface area contributed by atoms with E-state index in [0.29, 0.717) is 11.4 Å². The maximum absolute atomic E-state index is 13.4. The monoisotopic (exact) mass is 245 g/mol. The molecule has 5 heteroatoms. The maximum atomic E-state index is 13.4. The Morgan fingerprint density at radius 1 is 1.22 bits per heavy atom. The summed E-state index contributed by atoms with van der Waals surface area (Å²) < 4.78 is 13.4. The highest BCUT2D eigenvalue weighted by molar-refractivity contribution is 5.42. The van der Waals surface area contributed by atoms with Crippen LogP contribution in [0.1, 0.15) is 11.1 Å². The number of halogens is 1. The first-order chi connectivity index (χ1) is 8.69. The van der Waals surface area contributed by atoms with Crippen LogP contribution in [0.5, 0.6) is 0 Å². The van der Waals surface area contributed by atoms with Crippen molar-refractivity contribution in [2.75, 3.05) is 0 Å². The number of benzene rings is 1. The van der Waals surface area contributed by atoms with E-state index in [-0.39, 0.29) is 12.3 Å². The Morgan fingerprint density at radius 2 is 2.06 bits per heavy atom. The third-order valence-electron chi connectivity index (χ3n) is 2.35. The molecule has 4 nitrogen and oxygen atoms in total. The van der Waals surface area contributed by atoms with Gasteiger partial charge in [0.2, 0.25) is 0 Å². The van der Waals surface area contributed by atoms with Crippen molar-refractivity contribution >= 4 is 11.5 Å². The van der Waals surface area contributed by atoms with Crippen LogP contribution in [0.15, 0.2) is 46.8 Å². The van der Waals surface area contributed by atoms with Crippen LogP contribution >= 0.6 is 0 Å². The molecule has 2 aromatic rings. The molecule has 0 saturated carbocycles. The second kappa shape index (κ2) is 5.46. The zero-order valence-corrected chi connectivity index (χ0v) is 9.84. The van der Waals surface area contributed by atoms with Crippen LogP contribution in [0.3, 0.4) is 0 Å². The molecule has 1 heterocycles. The molecule has 0 unspecified atom stereocenters.